The van der Waals surface area contributed by atoms with E-state index in [9.17, 15) is 14.7 Å². The molecule has 1 aliphatic heterocycles. The van der Waals surface area contributed by atoms with Gasteiger partial charge in [-0.15, -0.1) is 0 Å². The van der Waals surface area contributed by atoms with Gasteiger partial charge in [-0.05, 0) is 67.5 Å². The molecule has 41 heavy (non-hydrogen) atoms. The first-order valence-electron chi connectivity index (χ1n) is 15.0. The van der Waals surface area contributed by atoms with E-state index in [0.717, 1.165) is 54.1 Å². The summed E-state index contributed by atoms with van der Waals surface area (Å²) in [6, 6.07) is 12.6. The molecule has 8 heteroatoms. The van der Waals surface area contributed by atoms with Crippen molar-refractivity contribution in [3.05, 3.63) is 63.6 Å². The molecule has 4 atom stereocenters. The normalized spacial score (nSPS) is 29.6. The number of amides is 1. The Morgan fingerprint density at radius 2 is 1.88 bits per heavy atom. The summed E-state index contributed by atoms with van der Waals surface area (Å²) >= 11 is 12.2. The van der Waals surface area contributed by atoms with Crippen LogP contribution < -0.4 is 5.32 Å². The van der Waals surface area contributed by atoms with Gasteiger partial charge < -0.3 is 19.6 Å². The molecule has 5 rings (SSSR count). The van der Waals surface area contributed by atoms with Gasteiger partial charge in [-0.3, -0.25) is 9.59 Å². The number of halogens is 2. The highest BCUT2D eigenvalue weighted by molar-refractivity contribution is 6.42. The van der Waals surface area contributed by atoms with E-state index in [0.29, 0.717) is 35.2 Å². The number of esters is 1. The molecule has 2 N–H and O–H groups in total. The highest BCUT2D eigenvalue weighted by Crippen LogP contribution is 2.56. The predicted octanol–water partition coefficient (Wildman–Crippen LogP) is 6.44. The number of nitrogens with zero attached hydrogens (tertiary/aromatic N) is 1. The average molecular weight is 603 g/mol. The standard InChI is InChI=1S/C33H42Cl2N2O4/c1-22(2)19-37(20-24-7-8-24)14-13-32(26-5-4-6-28(39)17-26)18-27(11-12-33(32,21-37)41-23(3)38)36-31(40)16-25-9-10-29(34)30(35)15-25/h4-6,9-10,15,17,22,24,27H,7-8,11-14,16,18-21H2,1-3H3,(H-,36,39,40)/p+1/t27-,32+,33?,37-/m0/s1. The zero-order valence-electron chi connectivity index (χ0n) is 24.4. The van der Waals surface area contributed by atoms with Crippen LogP contribution in [-0.4, -0.2) is 59.3 Å². The summed E-state index contributed by atoms with van der Waals surface area (Å²) in [7, 11) is 0. The van der Waals surface area contributed by atoms with E-state index in [1.807, 2.05) is 18.2 Å². The van der Waals surface area contributed by atoms with Gasteiger partial charge in [-0.1, -0.05) is 55.2 Å². The molecule has 2 aliphatic carbocycles. The Kier molecular flexibility index (Phi) is 8.67. The Labute approximate surface area is 253 Å². The zero-order chi connectivity index (χ0) is 29.4. The third-order valence-electron chi connectivity index (χ3n) is 9.51. The van der Waals surface area contributed by atoms with Crippen molar-refractivity contribution in [2.45, 2.75) is 82.8 Å². The fourth-order valence-electron chi connectivity index (χ4n) is 8.00. The molecular formula is C33H43Cl2N2O4+. The van der Waals surface area contributed by atoms with Gasteiger partial charge in [0.05, 0.1) is 36.1 Å². The third-order valence-corrected chi connectivity index (χ3v) is 10.3. The first-order chi connectivity index (χ1) is 19.4. The lowest BCUT2D eigenvalue weighted by Crippen LogP contribution is -2.74. The van der Waals surface area contributed by atoms with Gasteiger partial charge in [0.25, 0.3) is 0 Å². The number of phenols is 1. The van der Waals surface area contributed by atoms with Crippen molar-refractivity contribution in [1.82, 2.24) is 5.32 Å². The van der Waals surface area contributed by atoms with E-state index in [1.165, 1.54) is 19.8 Å². The smallest absolute Gasteiger partial charge is 0.303 e. The van der Waals surface area contributed by atoms with Crippen molar-refractivity contribution in [3.8, 4) is 5.75 Å². The molecule has 2 saturated carbocycles. The Hall–Kier alpha value is -2.28. The SMILES string of the molecule is CC(=O)OC12CC[C@H](NC(=O)Cc3ccc(Cl)c(Cl)c3)C[C@@]1(c1cccc(O)c1)CC[N@+](CC(C)C)(CC1CC1)C2. The van der Waals surface area contributed by atoms with Crippen molar-refractivity contribution >= 4 is 35.1 Å². The monoisotopic (exact) mass is 601 g/mol. The van der Waals surface area contributed by atoms with E-state index in [2.05, 4.69) is 25.2 Å². The largest absolute Gasteiger partial charge is 0.508 e. The van der Waals surface area contributed by atoms with Crippen LogP contribution in [0, 0.1) is 11.8 Å². The number of quaternary nitrogens is 1. The van der Waals surface area contributed by atoms with Gasteiger partial charge >= 0.3 is 5.97 Å². The summed E-state index contributed by atoms with van der Waals surface area (Å²) in [4.78, 5) is 26.0. The number of carbonyl (C=O) groups excluding carboxylic acids is 2. The van der Waals surface area contributed by atoms with Crippen molar-refractivity contribution in [2.24, 2.45) is 11.8 Å². The van der Waals surface area contributed by atoms with Gasteiger partial charge in [-0.2, -0.15) is 0 Å². The number of benzene rings is 2. The van der Waals surface area contributed by atoms with Gasteiger partial charge in [0.1, 0.15) is 12.3 Å². The topological polar surface area (TPSA) is 75.6 Å². The van der Waals surface area contributed by atoms with Crippen molar-refractivity contribution in [2.75, 3.05) is 26.2 Å². The minimum absolute atomic E-state index is 0.0751. The van der Waals surface area contributed by atoms with Gasteiger partial charge in [0.2, 0.25) is 5.91 Å². The molecule has 0 aromatic heterocycles. The summed E-state index contributed by atoms with van der Waals surface area (Å²) in [5.41, 5.74) is 0.535. The summed E-state index contributed by atoms with van der Waals surface area (Å²) in [5, 5.41) is 14.7. The summed E-state index contributed by atoms with van der Waals surface area (Å²) in [5.74, 6) is 1.12. The van der Waals surface area contributed by atoms with Gasteiger partial charge in [-0.25, -0.2) is 0 Å². The maximum Gasteiger partial charge on any atom is 0.303 e. The highest BCUT2D eigenvalue weighted by atomic mass is 35.5. The fraction of sp³-hybridized carbons (Fsp3) is 0.576. The molecule has 6 nitrogen and oxygen atoms in total. The fourth-order valence-corrected chi connectivity index (χ4v) is 8.32. The van der Waals surface area contributed by atoms with E-state index in [1.54, 1.807) is 18.2 Å². The molecule has 222 valence electrons. The number of ether oxygens (including phenoxy) is 1. The lowest BCUT2D eigenvalue weighted by atomic mass is 9.54. The van der Waals surface area contributed by atoms with E-state index in [-0.39, 0.29) is 30.1 Å². The van der Waals surface area contributed by atoms with E-state index < -0.39 is 11.0 Å². The number of fused-ring (bicyclic) bond motifs is 1. The highest BCUT2D eigenvalue weighted by Gasteiger charge is 2.65. The molecule has 1 saturated heterocycles. The quantitative estimate of drug-likeness (QED) is 0.256. The molecule has 2 aromatic rings. The van der Waals surface area contributed by atoms with Crippen LogP contribution in [0.25, 0.3) is 0 Å². The van der Waals surface area contributed by atoms with E-state index in [4.69, 9.17) is 27.9 Å². The predicted molar refractivity (Wildman–Crippen MR) is 162 cm³/mol. The van der Waals surface area contributed by atoms with Crippen LogP contribution in [0.3, 0.4) is 0 Å². The number of hydrogen-bond acceptors (Lipinski definition) is 4. The first-order valence-corrected chi connectivity index (χ1v) is 15.8. The van der Waals surface area contributed by atoms with Crippen LogP contribution in [0.2, 0.25) is 10.0 Å². The molecule has 0 bridgehead atoms. The summed E-state index contributed by atoms with van der Waals surface area (Å²) in [6.45, 7) is 10.0. The molecule has 1 unspecified atom stereocenters. The van der Waals surface area contributed by atoms with E-state index >= 15 is 0 Å². The minimum atomic E-state index is -0.723. The maximum absolute atomic E-state index is 13.2. The summed E-state index contributed by atoms with van der Waals surface area (Å²) in [6.07, 6.45) is 5.60. The number of hydrogen-bond donors (Lipinski definition) is 2. The molecule has 1 heterocycles. The van der Waals surface area contributed by atoms with Crippen LogP contribution in [0.4, 0.5) is 0 Å². The molecule has 3 fully saturated rings. The maximum atomic E-state index is 13.2. The number of nitrogens with one attached hydrogen (secondary N) is 1. The Balaban J connectivity index is 1.48. The number of carbonyl (C=O) groups is 2. The number of rotatable bonds is 9. The van der Waals surface area contributed by atoms with Crippen LogP contribution in [0.1, 0.15) is 70.4 Å². The van der Waals surface area contributed by atoms with Crippen molar-refractivity contribution < 1.29 is 23.9 Å². The van der Waals surface area contributed by atoms with Crippen LogP contribution >= 0.6 is 23.2 Å². The lowest BCUT2D eigenvalue weighted by Gasteiger charge is -2.62. The van der Waals surface area contributed by atoms with Crippen LogP contribution in [0.15, 0.2) is 42.5 Å². The minimum Gasteiger partial charge on any atom is -0.508 e. The van der Waals surface area contributed by atoms with Gasteiger partial charge in [0.15, 0.2) is 5.60 Å². The second-order valence-electron chi connectivity index (χ2n) is 13.3. The molecule has 0 spiro atoms. The number of aromatic hydroxyl groups is 1. The molecule has 0 radical (unpaired) electrons. The Morgan fingerprint density at radius 3 is 2.54 bits per heavy atom. The van der Waals surface area contributed by atoms with Crippen molar-refractivity contribution in [1.29, 1.82) is 0 Å². The zero-order valence-corrected chi connectivity index (χ0v) is 25.9. The number of likely N-dealkylation sites (tertiary alicyclic amines) is 1. The van der Waals surface area contributed by atoms with Crippen LogP contribution in [-0.2, 0) is 26.2 Å². The number of phenolic OH excluding ortho intramolecular Hbond substituents is 1. The van der Waals surface area contributed by atoms with Crippen molar-refractivity contribution in [3.63, 3.8) is 0 Å². The average Bonchev–Trinajstić information content (AvgIpc) is 3.69. The molecule has 3 aliphatic rings. The summed E-state index contributed by atoms with van der Waals surface area (Å²) < 4.78 is 7.48. The molecule has 2 aromatic carbocycles. The number of piperidine rings is 1. The molecular weight excluding hydrogens is 559 g/mol. The van der Waals surface area contributed by atoms with Gasteiger partial charge in [0, 0.05) is 36.6 Å². The second kappa shape index (κ2) is 11.8. The third kappa shape index (κ3) is 6.55. The lowest BCUT2D eigenvalue weighted by molar-refractivity contribution is -0.945. The Bertz CT molecular complexity index is 1290. The Morgan fingerprint density at radius 1 is 1.10 bits per heavy atom. The van der Waals surface area contributed by atoms with Crippen LogP contribution in [0.5, 0.6) is 5.75 Å². The molecule has 1 amide bonds. The first kappa shape index (κ1) is 30.2. The second-order valence-corrected chi connectivity index (χ2v) is 14.1.